The lowest BCUT2D eigenvalue weighted by atomic mass is 10.5. The molecule has 0 saturated carbocycles. The number of hydrogen-bond donors (Lipinski definition) is 2. The summed E-state index contributed by atoms with van der Waals surface area (Å²) < 4.78 is 1.16. The van der Waals surface area contributed by atoms with E-state index in [9.17, 15) is 4.79 Å². The Labute approximate surface area is 64.2 Å². The van der Waals surface area contributed by atoms with Crippen LogP contribution < -0.4 is 11.1 Å². The van der Waals surface area contributed by atoms with Gasteiger partial charge in [0.05, 0.1) is 12.7 Å². The van der Waals surface area contributed by atoms with Crippen molar-refractivity contribution in [3.8, 4) is 0 Å². The molecule has 1 heterocycles. The molecule has 0 radical (unpaired) electrons. The van der Waals surface area contributed by atoms with E-state index in [0.29, 0.717) is 5.82 Å². The first-order valence-corrected chi connectivity index (χ1v) is 3.23. The lowest BCUT2D eigenvalue weighted by Gasteiger charge is -2.00. The smallest absolute Gasteiger partial charge is 0.262 e. The van der Waals surface area contributed by atoms with Crippen molar-refractivity contribution in [1.29, 1.82) is 0 Å². The van der Waals surface area contributed by atoms with Gasteiger partial charge in [-0.2, -0.15) is 9.78 Å². The van der Waals surface area contributed by atoms with Gasteiger partial charge in [0.2, 0.25) is 0 Å². The summed E-state index contributed by atoms with van der Waals surface area (Å²) in [7, 11) is 1.69. The number of likely N-dealkylation sites (N-methyl/N-ethyl adjacent to an activating group) is 1. The van der Waals surface area contributed by atoms with Crippen LogP contribution in [0.15, 0.2) is 12.3 Å². The van der Waals surface area contributed by atoms with Crippen molar-refractivity contribution >= 4 is 11.7 Å². The molecule has 60 valence electrons. The van der Waals surface area contributed by atoms with Gasteiger partial charge < -0.3 is 11.1 Å². The first-order chi connectivity index (χ1) is 5.25. The average Bonchev–Trinajstić information content (AvgIpc) is 2.36. The Morgan fingerprint density at radius 1 is 1.91 bits per heavy atom. The van der Waals surface area contributed by atoms with Crippen LogP contribution >= 0.6 is 0 Å². The molecule has 5 nitrogen and oxygen atoms in total. The van der Waals surface area contributed by atoms with Gasteiger partial charge >= 0.3 is 0 Å². The number of anilines is 1. The lowest BCUT2D eigenvalue weighted by Crippen LogP contribution is -2.26. The quantitative estimate of drug-likeness (QED) is 0.592. The number of nitrogens with zero attached hydrogens (tertiary/aromatic N) is 2. The number of hydrogen-bond acceptors (Lipinski definition) is 4. The van der Waals surface area contributed by atoms with Crippen molar-refractivity contribution < 1.29 is 4.79 Å². The standard InChI is InChI=1S/C6H10N4O/c1-8-4-6(11)10-5(7)2-3-9-10/h2-3,8H,4,7H2,1H3. The summed E-state index contributed by atoms with van der Waals surface area (Å²) in [5, 5.41) is 6.45. The second-order valence-corrected chi connectivity index (χ2v) is 2.09. The molecular weight excluding hydrogens is 144 g/mol. The number of nitrogens with two attached hydrogens (primary N) is 1. The highest BCUT2D eigenvalue weighted by atomic mass is 16.2. The number of carbonyl (C=O) groups is 1. The largest absolute Gasteiger partial charge is 0.383 e. The fourth-order valence-corrected chi connectivity index (χ4v) is 0.748. The molecule has 0 amide bonds. The van der Waals surface area contributed by atoms with Crippen LogP contribution in [-0.2, 0) is 0 Å². The third-order valence-electron chi connectivity index (χ3n) is 1.24. The molecule has 11 heavy (non-hydrogen) atoms. The maximum atomic E-state index is 11.1. The van der Waals surface area contributed by atoms with E-state index in [2.05, 4.69) is 10.4 Å². The Balaban J connectivity index is 2.76. The van der Waals surface area contributed by atoms with Gasteiger partial charge in [0.25, 0.3) is 5.91 Å². The first-order valence-electron chi connectivity index (χ1n) is 3.23. The summed E-state index contributed by atoms with van der Waals surface area (Å²) in [5.74, 6) is 0.209. The highest BCUT2D eigenvalue weighted by Crippen LogP contribution is 1.97. The molecule has 1 aromatic rings. The molecular formula is C6H10N4O. The van der Waals surface area contributed by atoms with E-state index in [1.54, 1.807) is 13.1 Å². The van der Waals surface area contributed by atoms with Crippen molar-refractivity contribution in [2.45, 2.75) is 0 Å². The van der Waals surface area contributed by atoms with Crippen LogP contribution in [0.5, 0.6) is 0 Å². The van der Waals surface area contributed by atoms with Gasteiger partial charge in [-0.05, 0) is 7.05 Å². The zero-order valence-electron chi connectivity index (χ0n) is 6.24. The van der Waals surface area contributed by atoms with Crippen LogP contribution in [0, 0.1) is 0 Å². The van der Waals surface area contributed by atoms with Gasteiger partial charge in [0.15, 0.2) is 0 Å². The van der Waals surface area contributed by atoms with Crippen LogP contribution in [-0.4, -0.2) is 29.3 Å². The Bertz CT molecular complexity index is 255. The van der Waals surface area contributed by atoms with Crippen LogP contribution in [0.3, 0.4) is 0 Å². The second-order valence-electron chi connectivity index (χ2n) is 2.09. The van der Waals surface area contributed by atoms with E-state index in [4.69, 9.17) is 5.73 Å². The van der Waals surface area contributed by atoms with E-state index in [1.165, 1.54) is 6.20 Å². The van der Waals surface area contributed by atoms with Crippen LogP contribution in [0.2, 0.25) is 0 Å². The Hall–Kier alpha value is -1.36. The van der Waals surface area contributed by atoms with Crippen molar-refractivity contribution in [2.75, 3.05) is 19.3 Å². The van der Waals surface area contributed by atoms with Crippen molar-refractivity contribution in [1.82, 2.24) is 15.1 Å². The Morgan fingerprint density at radius 2 is 2.64 bits per heavy atom. The molecule has 1 aromatic heterocycles. The minimum Gasteiger partial charge on any atom is -0.383 e. The van der Waals surface area contributed by atoms with Gasteiger partial charge in [-0.15, -0.1) is 0 Å². The molecule has 0 aliphatic rings. The summed E-state index contributed by atoms with van der Waals surface area (Å²) in [6.07, 6.45) is 1.49. The number of nitrogen functional groups attached to an aromatic ring is 1. The first kappa shape index (κ1) is 7.74. The maximum absolute atomic E-state index is 11.1. The average molecular weight is 154 g/mol. The molecule has 0 bridgehead atoms. The summed E-state index contributed by atoms with van der Waals surface area (Å²) >= 11 is 0. The minimum absolute atomic E-state index is 0.157. The molecule has 1 rings (SSSR count). The fourth-order valence-electron chi connectivity index (χ4n) is 0.748. The van der Waals surface area contributed by atoms with Gasteiger partial charge in [-0.3, -0.25) is 4.79 Å². The highest BCUT2D eigenvalue weighted by Gasteiger charge is 2.05. The number of rotatable bonds is 2. The molecule has 0 aliphatic carbocycles. The van der Waals surface area contributed by atoms with Gasteiger partial charge in [-0.1, -0.05) is 0 Å². The Kier molecular flexibility index (Phi) is 2.22. The van der Waals surface area contributed by atoms with Crippen LogP contribution in [0.25, 0.3) is 0 Å². The SMILES string of the molecule is CNCC(=O)n1nccc1N. The van der Waals surface area contributed by atoms with Crippen molar-refractivity contribution in [3.05, 3.63) is 12.3 Å². The van der Waals surface area contributed by atoms with Gasteiger partial charge in [0, 0.05) is 6.07 Å². The summed E-state index contributed by atoms with van der Waals surface area (Å²) in [4.78, 5) is 11.1. The molecule has 0 unspecified atom stereocenters. The van der Waals surface area contributed by atoms with Gasteiger partial charge in [0.1, 0.15) is 5.82 Å². The Morgan fingerprint density at radius 3 is 3.09 bits per heavy atom. The molecule has 0 aliphatic heterocycles. The zero-order chi connectivity index (χ0) is 8.27. The maximum Gasteiger partial charge on any atom is 0.262 e. The van der Waals surface area contributed by atoms with E-state index < -0.39 is 0 Å². The fraction of sp³-hybridized carbons (Fsp3) is 0.333. The summed E-state index contributed by atoms with van der Waals surface area (Å²) in [6.45, 7) is 0.242. The third-order valence-corrected chi connectivity index (χ3v) is 1.24. The second kappa shape index (κ2) is 3.16. The highest BCUT2D eigenvalue weighted by molar-refractivity contribution is 5.82. The van der Waals surface area contributed by atoms with E-state index in [-0.39, 0.29) is 12.5 Å². The minimum atomic E-state index is -0.157. The van der Waals surface area contributed by atoms with Crippen molar-refractivity contribution in [2.24, 2.45) is 0 Å². The topological polar surface area (TPSA) is 72.9 Å². The van der Waals surface area contributed by atoms with Crippen molar-refractivity contribution in [3.63, 3.8) is 0 Å². The number of nitrogens with one attached hydrogen (secondary N) is 1. The molecule has 0 saturated heterocycles. The monoisotopic (exact) mass is 154 g/mol. The summed E-state index contributed by atoms with van der Waals surface area (Å²) in [6, 6.07) is 1.58. The zero-order valence-corrected chi connectivity index (χ0v) is 6.24. The van der Waals surface area contributed by atoms with E-state index in [0.717, 1.165) is 4.68 Å². The van der Waals surface area contributed by atoms with E-state index >= 15 is 0 Å². The molecule has 0 fully saturated rings. The summed E-state index contributed by atoms with van der Waals surface area (Å²) in [5.41, 5.74) is 5.42. The molecule has 0 atom stereocenters. The molecule has 0 spiro atoms. The molecule has 3 N–H and O–H groups in total. The third kappa shape index (κ3) is 1.56. The predicted octanol–water partition coefficient (Wildman–Crippen LogP) is -0.675. The van der Waals surface area contributed by atoms with Crippen LogP contribution in [0.4, 0.5) is 5.82 Å². The number of carbonyl (C=O) groups excluding carboxylic acids is 1. The normalized spacial score (nSPS) is 9.91. The predicted molar refractivity (Wildman–Crippen MR) is 41.2 cm³/mol. The van der Waals surface area contributed by atoms with Gasteiger partial charge in [-0.25, -0.2) is 0 Å². The molecule has 5 heteroatoms. The molecule has 0 aromatic carbocycles. The lowest BCUT2D eigenvalue weighted by molar-refractivity contribution is 0.0902. The van der Waals surface area contributed by atoms with E-state index in [1.807, 2.05) is 0 Å². The number of aromatic nitrogens is 2. The van der Waals surface area contributed by atoms with Crippen LogP contribution in [0.1, 0.15) is 4.79 Å².